The van der Waals surface area contributed by atoms with Crippen LogP contribution in [0.25, 0.3) is 5.65 Å². The van der Waals surface area contributed by atoms with Gasteiger partial charge in [0.05, 0.1) is 24.5 Å². The maximum Gasteiger partial charge on any atom is 0.201 e. The lowest BCUT2D eigenvalue weighted by molar-refractivity contribution is 0.166. The van der Waals surface area contributed by atoms with Crippen molar-refractivity contribution in [2.24, 2.45) is 0 Å². The summed E-state index contributed by atoms with van der Waals surface area (Å²) in [5.74, 6) is 1.000. The third-order valence-electron chi connectivity index (χ3n) is 4.71. The molecule has 1 saturated heterocycles. The van der Waals surface area contributed by atoms with Gasteiger partial charge < -0.3 is 9.64 Å². The quantitative estimate of drug-likeness (QED) is 0.738. The van der Waals surface area contributed by atoms with Crippen molar-refractivity contribution in [3.05, 3.63) is 47.4 Å². The van der Waals surface area contributed by atoms with Gasteiger partial charge in [-0.2, -0.15) is 9.61 Å². The molecule has 2 aromatic heterocycles. The minimum atomic E-state index is 0.202. The third kappa shape index (κ3) is 2.38. The number of aryl methyl sites for hydroxylation is 2. The number of anilines is 1. The van der Waals surface area contributed by atoms with Crippen molar-refractivity contribution in [1.29, 1.82) is 0 Å². The molecule has 3 aromatic rings. The van der Waals surface area contributed by atoms with Gasteiger partial charge in [-0.3, -0.25) is 0 Å². The highest BCUT2D eigenvalue weighted by Gasteiger charge is 2.32. The number of fused-ring (bicyclic) bond motifs is 1. The van der Waals surface area contributed by atoms with Gasteiger partial charge in [-0.05, 0) is 37.5 Å². The molecule has 0 unspecified atom stereocenters. The number of hydrogen-bond acceptors (Lipinski definition) is 5. The van der Waals surface area contributed by atoms with Crippen LogP contribution in [-0.4, -0.2) is 39.0 Å². The predicted octanol–water partition coefficient (Wildman–Crippen LogP) is 2.57. The van der Waals surface area contributed by atoms with E-state index in [1.807, 2.05) is 13.0 Å². The van der Waals surface area contributed by atoms with E-state index < -0.39 is 0 Å². The molecule has 1 aliphatic heterocycles. The van der Waals surface area contributed by atoms with Crippen LogP contribution in [0.15, 0.2) is 30.6 Å². The molecule has 6 heteroatoms. The summed E-state index contributed by atoms with van der Waals surface area (Å²) in [6, 6.07) is 8.27. The summed E-state index contributed by atoms with van der Waals surface area (Å²) in [7, 11) is 0. The van der Waals surface area contributed by atoms with Crippen LogP contribution in [0.4, 0.5) is 5.69 Å². The number of aromatic nitrogens is 4. The average Bonchev–Trinajstić information content (AvgIpc) is 3.01. The molecule has 0 radical (unpaired) electrons. The van der Waals surface area contributed by atoms with Crippen molar-refractivity contribution in [2.75, 3.05) is 18.0 Å². The van der Waals surface area contributed by atoms with Crippen molar-refractivity contribution < 1.29 is 4.74 Å². The van der Waals surface area contributed by atoms with E-state index in [1.54, 1.807) is 10.8 Å². The summed E-state index contributed by atoms with van der Waals surface area (Å²) in [5, 5.41) is 12.7. The molecule has 1 fully saturated rings. The highest BCUT2D eigenvalue weighted by Crippen LogP contribution is 2.31. The summed E-state index contributed by atoms with van der Waals surface area (Å²) < 4.78 is 7.94. The van der Waals surface area contributed by atoms with Gasteiger partial charge in [-0.25, -0.2) is 0 Å². The highest BCUT2D eigenvalue weighted by atomic mass is 16.5. The summed E-state index contributed by atoms with van der Waals surface area (Å²) >= 11 is 0. The summed E-state index contributed by atoms with van der Waals surface area (Å²) in [4.78, 5) is 2.30. The molecule has 3 heterocycles. The second-order valence-corrected chi connectivity index (χ2v) is 6.26. The molecule has 0 bridgehead atoms. The van der Waals surface area contributed by atoms with E-state index in [9.17, 15) is 0 Å². The van der Waals surface area contributed by atoms with E-state index in [0.29, 0.717) is 0 Å². The van der Waals surface area contributed by atoms with Gasteiger partial charge in [0.2, 0.25) is 5.65 Å². The van der Waals surface area contributed by atoms with Crippen molar-refractivity contribution >= 4 is 11.3 Å². The van der Waals surface area contributed by atoms with Crippen LogP contribution in [0.5, 0.6) is 5.75 Å². The highest BCUT2D eigenvalue weighted by molar-refractivity contribution is 5.73. The monoisotopic (exact) mass is 323 g/mol. The Balaban J connectivity index is 1.54. The van der Waals surface area contributed by atoms with Crippen LogP contribution in [0, 0.1) is 13.8 Å². The molecule has 0 N–H and O–H groups in total. The SMILES string of the molecule is CCc1ccccc1OC1CN(c2c(C)c(C)nn3cnnc23)C1. The van der Waals surface area contributed by atoms with E-state index in [1.165, 1.54) is 5.56 Å². The summed E-state index contributed by atoms with van der Waals surface area (Å²) in [6.07, 6.45) is 2.83. The zero-order chi connectivity index (χ0) is 16.7. The number of para-hydroxylation sites is 1. The first kappa shape index (κ1) is 14.9. The van der Waals surface area contributed by atoms with E-state index in [-0.39, 0.29) is 6.10 Å². The molecular weight excluding hydrogens is 302 g/mol. The normalized spacial score (nSPS) is 14.9. The standard InChI is InChI=1S/C18H21N5O/c1-4-14-7-5-6-8-16(14)24-15-9-22(10-15)17-12(2)13(3)21-23-11-19-20-18(17)23/h5-8,11,15H,4,9-10H2,1-3H3. The van der Waals surface area contributed by atoms with Crippen molar-refractivity contribution in [3.63, 3.8) is 0 Å². The first-order chi connectivity index (χ1) is 11.7. The number of ether oxygens (including phenoxy) is 1. The molecule has 0 amide bonds. The smallest absolute Gasteiger partial charge is 0.201 e. The van der Waals surface area contributed by atoms with Gasteiger partial charge in [0.25, 0.3) is 0 Å². The number of nitrogens with zero attached hydrogens (tertiary/aromatic N) is 5. The van der Waals surface area contributed by atoms with Crippen LogP contribution >= 0.6 is 0 Å². The predicted molar refractivity (Wildman–Crippen MR) is 92.7 cm³/mol. The second-order valence-electron chi connectivity index (χ2n) is 6.26. The lowest BCUT2D eigenvalue weighted by Gasteiger charge is -2.41. The second kappa shape index (κ2) is 5.78. The van der Waals surface area contributed by atoms with E-state index in [4.69, 9.17) is 4.74 Å². The first-order valence-electron chi connectivity index (χ1n) is 8.34. The number of rotatable bonds is 4. The van der Waals surface area contributed by atoms with Gasteiger partial charge in [-0.15, -0.1) is 10.2 Å². The minimum absolute atomic E-state index is 0.202. The van der Waals surface area contributed by atoms with Gasteiger partial charge in [0.1, 0.15) is 18.2 Å². The van der Waals surface area contributed by atoms with Crippen LogP contribution in [0.2, 0.25) is 0 Å². The van der Waals surface area contributed by atoms with E-state index >= 15 is 0 Å². The lowest BCUT2D eigenvalue weighted by Crippen LogP contribution is -2.54. The molecule has 0 saturated carbocycles. The van der Waals surface area contributed by atoms with Crippen molar-refractivity contribution in [1.82, 2.24) is 19.8 Å². The Hall–Kier alpha value is -2.63. The third-order valence-corrected chi connectivity index (χ3v) is 4.71. The maximum absolute atomic E-state index is 6.19. The number of hydrogen-bond donors (Lipinski definition) is 0. The van der Waals surface area contributed by atoms with Crippen LogP contribution < -0.4 is 9.64 Å². The molecule has 4 rings (SSSR count). The molecule has 24 heavy (non-hydrogen) atoms. The van der Waals surface area contributed by atoms with Gasteiger partial charge in [-0.1, -0.05) is 25.1 Å². The molecule has 0 spiro atoms. The Morgan fingerprint density at radius 2 is 2.00 bits per heavy atom. The zero-order valence-corrected chi connectivity index (χ0v) is 14.2. The molecule has 0 aliphatic carbocycles. The minimum Gasteiger partial charge on any atom is -0.486 e. The van der Waals surface area contributed by atoms with Crippen molar-refractivity contribution in [2.45, 2.75) is 33.3 Å². The Labute approximate surface area is 141 Å². The Morgan fingerprint density at radius 1 is 1.21 bits per heavy atom. The Bertz CT molecular complexity index is 882. The first-order valence-corrected chi connectivity index (χ1v) is 8.34. The molecule has 1 aliphatic rings. The maximum atomic E-state index is 6.19. The lowest BCUT2D eigenvalue weighted by atomic mass is 10.1. The van der Waals surface area contributed by atoms with Gasteiger partial charge in [0.15, 0.2) is 0 Å². The Morgan fingerprint density at radius 3 is 2.79 bits per heavy atom. The molecular formula is C18H21N5O. The summed E-state index contributed by atoms with van der Waals surface area (Å²) in [5.41, 5.74) is 5.33. The molecule has 6 nitrogen and oxygen atoms in total. The fourth-order valence-electron chi connectivity index (χ4n) is 3.20. The van der Waals surface area contributed by atoms with E-state index in [2.05, 4.69) is 52.2 Å². The summed E-state index contributed by atoms with van der Waals surface area (Å²) in [6.45, 7) is 7.96. The Kier molecular flexibility index (Phi) is 3.59. The van der Waals surface area contributed by atoms with E-state index in [0.717, 1.165) is 47.9 Å². The van der Waals surface area contributed by atoms with Gasteiger partial charge >= 0.3 is 0 Å². The number of benzene rings is 1. The molecule has 124 valence electrons. The average molecular weight is 323 g/mol. The zero-order valence-electron chi connectivity index (χ0n) is 14.2. The molecule has 1 aromatic carbocycles. The fraction of sp³-hybridized carbons (Fsp3) is 0.389. The largest absolute Gasteiger partial charge is 0.486 e. The van der Waals surface area contributed by atoms with Crippen LogP contribution in [0.1, 0.15) is 23.7 Å². The van der Waals surface area contributed by atoms with Gasteiger partial charge in [0, 0.05) is 0 Å². The van der Waals surface area contributed by atoms with Crippen LogP contribution in [-0.2, 0) is 6.42 Å². The van der Waals surface area contributed by atoms with Crippen LogP contribution in [0.3, 0.4) is 0 Å². The topological polar surface area (TPSA) is 55.5 Å². The van der Waals surface area contributed by atoms with Crippen molar-refractivity contribution in [3.8, 4) is 5.75 Å². The molecule has 0 atom stereocenters. The fourth-order valence-corrected chi connectivity index (χ4v) is 3.20.